The number of Topliss-reactive ketones (excluding diaryl/α,β-unsaturated/α-hetero) is 1. The predicted molar refractivity (Wildman–Crippen MR) is 117 cm³/mol. The molecule has 154 valence electrons. The molecule has 0 fully saturated rings. The van der Waals surface area contributed by atoms with E-state index in [4.69, 9.17) is 12.6 Å². The number of benzene rings is 2. The molecular weight excluding hydrogens is 399 g/mol. The van der Waals surface area contributed by atoms with Crippen LogP contribution in [0, 0.1) is 5.82 Å². The lowest BCUT2D eigenvalue weighted by molar-refractivity contribution is -0.692. The molecule has 1 atom stereocenters. The number of ketones is 1. The summed E-state index contributed by atoms with van der Waals surface area (Å²) in [5, 5.41) is 9.71. The number of aromatic nitrogens is 1. The van der Waals surface area contributed by atoms with Crippen LogP contribution >= 0.6 is 0 Å². The van der Waals surface area contributed by atoms with Crippen LogP contribution in [0.25, 0.3) is 0 Å². The number of aliphatic hydroxyl groups is 1. The first-order valence-corrected chi connectivity index (χ1v) is 10.1. The highest BCUT2D eigenvalue weighted by atomic mass is 32.1. The number of halogens is 1. The molecule has 0 radical (unpaired) electrons. The summed E-state index contributed by atoms with van der Waals surface area (Å²) in [5.74, 6) is -0.494. The Morgan fingerprint density at radius 3 is 2.37 bits per heavy atom. The summed E-state index contributed by atoms with van der Waals surface area (Å²) >= 11 is 5.54. The van der Waals surface area contributed by atoms with Crippen molar-refractivity contribution >= 4 is 23.5 Å². The van der Waals surface area contributed by atoms with E-state index in [0.717, 1.165) is 17.5 Å². The molecule has 4 nitrogen and oxygen atoms in total. The third-order valence-electron chi connectivity index (χ3n) is 4.82. The zero-order chi connectivity index (χ0) is 21.5. The molecule has 1 aromatic heterocycles. The Labute approximate surface area is 181 Å². The monoisotopic (exact) mass is 422 g/mol. The van der Waals surface area contributed by atoms with E-state index in [-0.39, 0.29) is 29.8 Å². The Morgan fingerprint density at radius 1 is 1.07 bits per heavy atom. The van der Waals surface area contributed by atoms with Gasteiger partial charge in [0.2, 0.25) is 11.8 Å². The molecule has 3 rings (SSSR count). The van der Waals surface area contributed by atoms with Crippen LogP contribution in [0.2, 0.25) is 0 Å². The first-order chi connectivity index (χ1) is 14.5. The second-order valence-electron chi connectivity index (χ2n) is 6.92. The van der Waals surface area contributed by atoms with E-state index in [2.05, 4.69) is 11.9 Å². The Hall–Kier alpha value is -2.96. The molecule has 0 amide bonds. The average molecular weight is 423 g/mol. The summed E-state index contributed by atoms with van der Waals surface area (Å²) in [7, 11) is 0. The maximum absolute atomic E-state index is 13.4. The second-order valence-corrected chi connectivity index (χ2v) is 7.33. The maximum atomic E-state index is 13.4. The first-order valence-electron chi connectivity index (χ1n) is 9.71. The third-order valence-corrected chi connectivity index (χ3v) is 5.18. The van der Waals surface area contributed by atoms with E-state index in [9.17, 15) is 14.3 Å². The number of hydrogen-bond acceptors (Lipinski definition) is 4. The van der Waals surface area contributed by atoms with Crippen molar-refractivity contribution in [1.29, 1.82) is 0 Å². The van der Waals surface area contributed by atoms with Crippen molar-refractivity contribution < 1.29 is 18.9 Å². The van der Waals surface area contributed by atoms with Gasteiger partial charge in [-0.25, -0.2) is 4.39 Å². The first kappa shape index (κ1) is 21.7. The number of rotatable bonds is 8. The van der Waals surface area contributed by atoms with Crippen molar-refractivity contribution in [2.45, 2.75) is 32.5 Å². The fraction of sp³-hybridized carbons (Fsp3) is 0.208. The molecule has 1 N–H and O–H groups in total. The maximum Gasteiger partial charge on any atom is 0.237 e. The molecule has 0 spiro atoms. The normalized spacial score (nSPS) is 12.6. The van der Waals surface area contributed by atoms with Crippen LogP contribution in [-0.2, 0) is 32.2 Å². The molecule has 0 saturated heterocycles. The Bertz CT molecular complexity index is 1030. The fourth-order valence-electron chi connectivity index (χ4n) is 3.08. The van der Waals surface area contributed by atoms with E-state index in [1.165, 1.54) is 12.1 Å². The third kappa shape index (κ3) is 5.34. The van der Waals surface area contributed by atoms with Crippen LogP contribution < -0.4 is 4.57 Å². The van der Waals surface area contributed by atoms with Gasteiger partial charge in [0.05, 0.1) is 13.2 Å². The minimum absolute atomic E-state index is 0.146. The van der Waals surface area contributed by atoms with Gasteiger partial charge < -0.3 is 22.7 Å². The number of carbonyl (C=O) groups is 1. The lowest BCUT2D eigenvalue weighted by atomic mass is 10.0. The average Bonchev–Trinajstić information content (AvgIpc) is 2.79. The van der Waals surface area contributed by atoms with Crippen LogP contribution in [0.3, 0.4) is 0 Å². The number of carbonyl (C=O) groups excluding carboxylic acids is 1. The highest BCUT2D eigenvalue weighted by Gasteiger charge is 2.28. The van der Waals surface area contributed by atoms with Crippen molar-refractivity contribution in [3.05, 3.63) is 101 Å². The number of nitrogens with zero attached hydrogens (tertiary/aromatic N) is 2. The molecule has 6 heteroatoms. The number of aryl methyl sites for hydroxylation is 1. The van der Waals surface area contributed by atoms with Crippen LogP contribution in [0.1, 0.15) is 40.0 Å². The molecule has 0 aliphatic rings. The molecule has 30 heavy (non-hydrogen) atoms. The number of aliphatic hydroxyl groups excluding tert-OH is 1. The zero-order valence-electron chi connectivity index (χ0n) is 16.7. The standard InChI is InChI=1S/C24H23FN2O2S/c1-2-17-5-9-20(10-6-17)23(29)22(27-13-3-4-19(15-27)16-28)24(30)26-14-18-7-11-21(25)12-8-18/h3-13,15,22,28H,2,14,16H2,1H3/t22-/m1/s1. The van der Waals surface area contributed by atoms with Crippen molar-refractivity contribution in [3.8, 4) is 0 Å². The smallest absolute Gasteiger partial charge is 0.237 e. The topological polar surface area (TPSA) is 53.5 Å². The van der Waals surface area contributed by atoms with E-state index >= 15 is 0 Å². The lowest BCUT2D eigenvalue weighted by Crippen LogP contribution is -2.48. The van der Waals surface area contributed by atoms with E-state index in [1.807, 2.05) is 12.1 Å². The summed E-state index contributed by atoms with van der Waals surface area (Å²) in [6.45, 7) is 2.16. The van der Waals surface area contributed by atoms with Gasteiger partial charge in [-0.2, -0.15) is 4.57 Å². The minimum atomic E-state index is -0.820. The Kier molecular flexibility index (Phi) is 7.38. The molecule has 0 bridgehead atoms. The number of aliphatic imine (C=N–C) groups is 1. The van der Waals surface area contributed by atoms with Gasteiger partial charge in [0.1, 0.15) is 5.82 Å². The predicted octanol–water partition coefficient (Wildman–Crippen LogP) is 3.74. The minimum Gasteiger partial charge on any atom is -0.758 e. The van der Waals surface area contributed by atoms with Crippen LogP contribution in [0.15, 0.2) is 78.0 Å². The zero-order valence-corrected chi connectivity index (χ0v) is 17.5. The number of hydrogen-bond donors (Lipinski definition) is 1. The quantitative estimate of drug-likeness (QED) is 0.198. The molecule has 0 unspecified atom stereocenters. The van der Waals surface area contributed by atoms with Gasteiger partial charge in [0.15, 0.2) is 12.4 Å². The van der Waals surface area contributed by atoms with Gasteiger partial charge in [-0.1, -0.05) is 43.3 Å². The second kappa shape index (κ2) is 10.2. The van der Waals surface area contributed by atoms with Gasteiger partial charge in [-0.3, -0.25) is 4.79 Å². The van der Waals surface area contributed by atoms with Crippen molar-refractivity contribution in [1.82, 2.24) is 0 Å². The van der Waals surface area contributed by atoms with Crippen LogP contribution in [0.4, 0.5) is 4.39 Å². The molecular formula is C24H23FN2O2S. The Balaban J connectivity index is 1.95. The van der Waals surface area contributed by atoms with Crippen LogP contribution in [-0.4, -0.2) is 15.9 Å². The van der Waals surface area contributed by atoms with Crippen molar-refractivity contribution in [3.63, 3.8) is 0 Å². The molecule has 0 aliphatic heterocycles. The van der Waals surface area contributed by atoms with Crippen molar-refractivity contribution in [2.75, 3.05) is 0 Å². The van der Waals surface area contributed by atoms with Crippen molar-refractivity contribution in [2.24, 2.45) is 4.99 Å². The SMILES string of the molecule is CCc1ccc(C(=O)[C@H](C([S-])=NCc2ccc(F)cc2)[n+]2cccc(CO)c2)cc1. The van der Waals surface area contributed by atoms with Gasteiger partial charge >= 0.3 is 0 Å². The Morgan fingerprint density at radius 2 is 1.73 bits per heavy atom. The van der Waals surface area contributed by atoms with Gasteiger partial charge in [0.25, 0.3) is 0 Å². The molecule has 2 aromatic carbocycles. The summed E-state index contributed by atoms with van der Waals surface area (Å²) in [6.07, 6.45) is 4.32. The van der Waals surface area contributed by atoms with Gasteiger partial charge in [-0.15, -0.1) is 0 Å². The number of pyridine rings is 1. The summed E-state index contributed by atoms with van der Waals surface area (Å²) in [6, 6.07) is 16.2. The molecule has 3 aromatic rings. The highest BCUT2D eigenvalue weighted by Crippen LogP contribution is 2.15. The molecule has 1 heterocycles. The lowest BCUT2D eigenvalue weighted by Gasteiger charge is -2.19. The molecule has 0 saturated carbocycles. The summed E-state index contributed by atoms with van der Waals surface area (Å²) < 4.78 is 14.8. The van der Waals surface area contributed by atoms with Gasteiger partial charge in [-0.05, 0) is 40.8 Å². The van der Waals surface area contributed by atoms with E-state index in [1.54, 1.807) is 53.4 Å². The van der Waals surface area contributed by atoms with Crippen LogP contribution in [0.5, 0.6) is 0 Å². The van der Waals surface area contributed by atoms with Gasteiger partial charge in [0, 0.05) is 17.2 Å². The largest absolute Gasteiger partial charge is 0.758 e. The highest BCUT2D eigenvalue weighted by molar-refractivity contribution is 7.77. The van der Waals surface area contributed by atoms with E-state index < -0.39 is 6.04 Å². The summed E-state index contributed by atoms with van der Waals surface area (Å²) in [5.41, 5.74) is 3.14. The van der Waals surface area contributed by atoms with E-state index in [0.29, 0.717) is 11.1 Å². The fourth-order valence-corrected chi connectivity index (χ4v) is 3.37. The molecule has 0 aliphatic carbocycles. The summed E-state index contributed by atoms with van der Waals surface area (Å²) in [4.78, 5) is 17.8.